The Hall–Kier alpha value is -7.63. The fourth-order valence-electron chi connectivity index (χ4n) is 8.29. The molecule has 0 radical (unpaired) electrons. The normalized spacial score (nSPS) is 12.7. The molecular weight excluding hydrogens is 685 g/mol. The van der Waals surface area contributed by atoms with Crippen LogP contribution in [0.3, 0.4) is 0 Å². The first-order valence-electron chi connectivity index (χ1n) is 18.7. The average Bonchev–Trinajstić information content (AvgIpc) is 3.63. The number of anilines is 3. The standard InChI is InChI=1S/C51H32N4O/c52-50(36-24-26-41-40-20-8-9-23-47(40)56-48(41)30-36)54-51(33-12-2-1-3-13-33)53-31-37-25-27-44(39-19-7-6-18-38(37)39)55-45-22-11-17-32-16-10-21-42(49(32)45)43-28-34-14-4-5-15-35(34)29-46(43)55/h1-31,52H. The van der Waals surface area contributed by atoms with Crippen LogP contribution in [0.4, 0.5) is 17.1 Å². The molecule has 262 valence electrons. The van der Waals surface area contributed by atoms with Gasteiger partial charge >= 0.3 is 0 Å². The lowest BCUT2D eigenvalue weighted by Crippen LogP contribution is -2.15. The molecule has 1 aliphatic rings. The van der Waals surface area contributed by atoms with Crippen molar-refractivity contribution in [3.63, 3.8) is 0 Å². The highest BCUT2D eigenvalue weighted by molar-refractivity contribution is 6.20. The van der Waals surface area contributed by atoms with Crippen LogP contribution in [0.1, 0.15) is 16.7 Å². The zero-order valence-electron chi connectivity index (χ0n) is 30.1. The number of rotatable bonds is 4. The number of para-hydroxylation sites is 1. The van der Waals surface area contributed by atoms with Gasteiger partial charge in [0.1, 0.15) is 11.2 Å². The van der Waals surface area contributed by atoms with Crippen LogP contribution in [-0.4, -0.2) is 17.9 Å². The molecule has 0 aliphatic carbocycles. The fraction of sp³-hybridized carbons (Fsp3) is 0. The topological polar surface area (TPSA) is 65.0 Å². The molecule has 0 fully saturated rings. The molecule has 9 aromatic carbocycles. The minimum Gasteiger partial charge on any atom is -0.456 e. The number of furan rings is 1. The molecule has 5 nitrogen and oxygen atoms in total. The molecule has 0 unspecified atom stereocenters. The molecule has 1 aromatic heterocycles. The van der Waals surface area contributed by atoms with Crippen LogP contribution in [0.5, 0.6) is 0 Å². The third kappa shape index (κ3) is 5.13. The third-order valence-corrected chi connectivity index (χ3v) is 10.9. The highest BCUT2D eigenvalue weighted by Gasteiger charge is 2.27. The van der Waals surface area contributed by atoms with E-state index in [1.54, 1.807) is 0 Å². The van der Waals surface area contributed by atoms with Crippen molar-refractivity contribution in [1.82, 2.24) is 0 Å². The SMILES string of the molecule is N=C(N=C(N=Cc1ccc(N2c3cc4ccccc4cc3-c3cccc4cccc2c34)c2ccccc12)c1ccccc1)c1ccc2c(c1)oc1ccccc12. The minimum absolute atomic E-state index is 0.106. The first-order chi connectivity index (χ1) is 27.7. The Morgan fingerprint density at radius 1 is 0.482 bits per heavy atom. The van der Waals surface area contributed by atoms with Gasteiger partial charge in [0.2, 0.25) is 0 Å². The van der Waals surface area contributed by atoms with Gasteiger partial charge in [-0.1, -0.05) is 140 Å². The van der Waals surface area contributed by atoms with Gasteiger partial charge in [-0.05, 0) is 69.6 Å². The zero-order chi connectivity index (χ0) is 37.2. The Labute approximate surface area is 322 Å². The first-order valence-corrected chi connectivity index (χ1v) is 18.7. The maximum atomic E-state index is 9.08. The van der Waals surface area contributed by atoms with Crippen LogP contribution in [0.25, 0.3) is 65.4 Å². The molecule has 1 aliphatic heterocycles. The molecular formula is C51H32N4O. The van der Waals surface area contributed by atoms with Crippen molar-refractivity contribution in [1.29, 1.82) is 5.41 Å². The zero-order valence-corrected chi connectivity index (χ0v) is 30.1. The van der Waals surface area contributed by atoms with E-state index in [1.807, 2.05) is 72.9 Å². The van der Waals surface area contributed by atoms with Gasteiger partial charge < -0.3 is 9.32 Å². The molecule has 11 rings (SSSR count). The summed E-state index contributed by atoms with van der Waals surface area (Å²) in [6.07, 6.45) is 1.88. The lowest BCUT2D eigenvalue weighted by atomic mass is 9.88. The van der Waals surface area contributed by atoms with Crippen LogP contribution in [-0.2, 0) is 0 Å². The van der Waals surface area contributed by atoms with Crippen molar-refractivity contribution in [2.75, 3.05) is 4.90 Å². The summed E-state index contributed by atoms with van der Waals surface area (Å²) in [5.74, 6) is 0.558. The van der Waals surface area contributed by atoms with E-state index in [-0.39, 0.29) is 5.84 Å². The molecule has 10 aromatic rings. The van der Waals surface area contributed by atoms with Gasteiger partial charge in [0.25, 0.3) is 0 Å². The first kappa shape index (κ1) is 31.9. The number of fused-ring (bicyclic) bond motifs is 7. The second-order valence-electron chi connectivity index (χ2n) is 14.2. The summed E-state index contributed by atoms with van der Waals surface area (Å²) in [6, 6.07) is 63.0. The van der Waals surface area contributed by atoms with Crippen molar-refractivity contribution >= 4 is 89.2 Å². The van der Waals surface area contributed by atoms with Crippen molar-refractivity contribution in [2.24, 2.45) is 9.98 Å². The van der Waals surface area contributed by atoms with Gasteiger partial charge in [0.15, 0.2) is 11.7 Å². The van der Waals surface area contributed by atoms with Gasteiger partial charge in [0.05, 0.1) is 17.1 Å². The molecule has 0 saturated carbocycles. The Bertz CT molecular complexity index is 3280. The highest BCUT2D eigenvalue weighted by Crippen LogP contribution is 2.53. The van der Waals surface area contributed by atoms with Gasteiger partial charge in [-0.25, -0.2) is 9.98 Å². The Balaban J connectivity index is 1.03. The van der Waals surface area contributed by atoms with E-state index in [9.17, 15) is 0 Å². The summed E-state index contributed by atoms with van der Waals surface area (Å²) in [7, 11) is 0. The predicted octanol–water partition coefficient (Wildman–Crippen LogP) is 13.4. The number of hydrogen-bond donors (Lipinski definition) is 1. The molecule has 56 heavy (non-hydrogen) atoms. The van der Waals surface area contributed by atoms with Crippen LogP contribution >= 0.6 is 0 Å². The van der Waals surface area contributed by atoms with Gasteiger partial charge in [0, 0.05) is 50.0 Å². The number of nitrogens with one attached hydrogen (secondary N) is 1. The Kier molecular flexibility index (Phi) is 7.25. The van der Waals surface area contributed by atoms with E-state index in [0.717, 1.165) is 60.9 Å². The largest absolute Gasteiger partial charge is 0.456 e. The van der Waals surface area contributed by atoms with E-state index in [0.29, 0.717) is 11.4 Å². The Morgan fingerprint density at radius 2 is 1.18 bits per heavy atom. The summed E-state index contributed by atoms with van der Waals surface area (Å²) in [5, 5.41) is 18.2. The molecule has 0 bridgehead atoms. The summed E-state index contributed by atoms with van der Waals surface area (Å²) < 4.78 is 6.13. The van der Waals surface area contributed by atoms with Crippen LogP contribution in [0.2, 0.25) is 0 Å². The summed E-state index contributed by atoms with van der Waals surface area (Å²) in [4.78, 5) is 12.2. The maximum Gasteiger partial charge on any atom is 0.161 e. The minimum atomic E-state index is 0.106. The van der Waals surface area contributed by atoms with Crippen molar-refractivity contribution in [2.45, 2.75) is 0 Å². The maximum absolute atomic E-state index is 9.08. The molecule has 5 heteroatoms. The van der Waals surface area contributed by atoms with E-state index in [1.165, 1.54) is 32.7 Å². The monoisotopic (exact) mass is 716 g/mol. The molecule has 0 atom stereocenters. The molecule has 1 N–H and O–H groups in total. The summed E-state index contributed by atoms with van der Waals surface area (Å²) in [6.45, 7) is 0. The van der Waals surface area contributed by atoms with E-state index < -0.39 is 0 Å². The van der Waals surface area contributed by atoms with E-state index in [4.69, 9.17) is 19.8 Å². The average molecular weight is 717 g/mol. The number of aliphatic imine (C=N–C) groups is 2. The fourth-order valence-corrected chi connectivity index (χ4v) is 8.29. The van der Waals surface area contributed by atoms with Crippen LogP contribution < -0.4 is 4.90 Å². The van der Waals surface area contributed by atoms with Gasteiger partial charge in [-0.15, -0.1) is 0 Å². The van der Waals surface area contributed by atoms with Crippen molar-refractivity contribution < 1.29 is 4.42 Å². The molecule has 0 amide bonds. The van der Waals surface area contributed by atoms with Gasteiger partial charge in [-0.2, -0.15) is 0 Å². The lowest BCUT2D eigenvalue weighted by Gasteiger charge is -2.34. The number of amidine groups is 2. The quantitative estimate of drug-likeness (QED) is 0.146. The summed E-state index contributed by atoms with van der Waals surface area (Å²) in [5.41, 5.74) is 9.85. The smallest absolute Gasteiger partial charge is 0.161 e. The highest BCUT2D eigenvalue weighted by atomic mass is 16.3. The lowest BCUT2D eigenvalue weighted by molar-refractivity contribution is 0.669. The van der Waals surface area contributed by atoms with E-state index >= 15 is 0 Å². The van der Waals surface area contributed by atoms with Gasteiger partial charge in [-0.3, -0.25) is 5.41 Å². The summed E-state index contributed by atoms with van der Waals surface area (Å²) >= 11 is 0. The number of hydrogen-bond acceptors (Lipinski definition) is 3. The molecule has 0 spiro atoms. The van der Waals surface area contributed by atoms with Crippen LogP contribution in [0, 0.1) is 5.41 Å². The van der Waals surface area contributed by atoms with E-state index in [2.05, 4.69) is 120 Å². The third-order valence-electron chi connectivity index (χ3n) is 10.9. The predicted molar refractivity (Wildman–Crippen MR) is 234 cm³/mol. The second-order valence-corrected chi connectivity index (χ2v) is 14.2. The number of benzene rings is 9. The van der Waals surface area contributed by atoms with Crippen molar-refractivity contribution in [3.05, 3.63) is 199 Å². The Morgan fingerprint density at radius 3 is 2.04 bits per heavy atom. The molecule has 0 saturated heterocycles. The molecule has 2 heterocycles. The van der Waals surface area contributed by atoms with Crippen LogP contribution in [0.15, 0.2) is 196 Å². The number of nitrogens with zero attached hydrogens (tertiary/aromatic N) is 3. The van der Waals surface area contributed by atoms with Crippen molar-refractivity contribution in [3.8, 4) is 11.1 Å². The second kappa shape index (κ2) is 12.8.